The van der Waals surface area contributed by atoms with Crippen LogP contribution in [0.25, 0.3) is 0 Å². The van der Waals surface area contributed by atoms with Crippen molar-refractivity contribution in [3.63, 3.8) is 0 Å². The molecule has 0 saturated carbocycles. The molecule has 0 amide bonds. The maximum Gasteiger partial charge on any atom is 0.338 e. The number of ether oxygens (including phenoxy) is 11. The molecule has 0 unspecified atom stereocenters. The molecule has 0 aromatic heterocycles. The van der Waals surface area contributed by atoms with Gasteiger partial charge in [0.1, 0.15) is 13.2 Å². The van der Waals surface area contributed by atoms with E-state index in [0.29, 0.717) is 131 Å². The Labute approximate surface area is 312 Å². The van der Waals surface area contributed by atoms with Gasteiger partial charge in [-0.2, -0.15) is 0 Å². The van der Waals surface area contributed by atoms with Gasteiger partial charge >= 0.3 is 11.9 Å². The lowest BCUT2D eigenvalue weighted by Gasteiger charge is -2.09. The van der Waals surface area contributed by atoms with Crippen molar-refractivity contribution in [3.8, 4) is 0 Å². The molecular weight excluding hydrogens is 676 g/mol. The van der Waals surface area contributed by atoms with E-state index in [-0.39, 0.29) is 25.2 Å². The predicted octanol–water partition coefficient (Wildman–Crippen LogP) is 5.46. The molecule has 0 aliphatic rings. The normalized spacial score (nSPS) is 11.2. The fraction of sp³-hybridized carbons (Fsp3) is 0.795. The molecule has 0 saturated heterocycles. The number of carbonyl (C=O) groups excluding carboxylic acids is 2. The van der Waals surface area contributed by atoms with Crippen molar-refractivity contribution in [3.05, 3.63) is 35.9 Å². The Bertz CT molecular complexity index is 890. The third kappa shape index (κ3) is 34.9. The number of benzene rings is 1. The molecule has 0 fully saturated rings. The zero-order chi connectivity index (χ0) is 37.3. The minimum Gasteiger partial charge on any atom is -0.463 e. The molecule has 0 heterocycles. The summed E-state index contributed by atoms with van der Waals surface area (Å²) in [6.07, 6.45) is 11.6. The fourth-order valence-corrected chi connectivity index (χ4v) is 4.58. The molecule has 0 spiro atoms. The Morgan fingerprint density at radius 1 is 0.385 bits per heavy atom. The van der Waals surface area contributed by atoms with E-state index < -0.39 is 0 Å². The summed E-state index contributed by atoms with van der Waals surface area (Å²) in [7, 11) is 0. The molecule has 0 radical (unpaired) electrons. The van der Waals surface area contributed by atoms with Crippen LogP contribution >= 0.6 is 0 Å². The van der Waals surface area contributed by atoms with Gasteiger partial charge in [0.05, 0.1) is 124 Å². The molecule has 0 N–H and O–H groups in total. The molecule has 302 valence electrons. The van der Waals surface area contributed by atoms with Crippen LogP contribution in [0.15, 0.2) is 30.3 Å². The van der Waals surface area contributed by atoms with E-state index in [9.17, 15) is 9.59 Å². The second-order valence-corrected chi connectivity index (χ2v) is 11.8. The Morgan fingerprint density at radius 2 is 0.692 bits per heavy atom. The van der Waals surface area contributed by atoms with E-state index in [1.54, 1.807) is 24.3 Å². The van der Waals surface area contributed by atoms with E-state index in [0.717, 1.165) is 12.8 Å². The van der Waals surface area contributed by atoms with Gasteiger partial charge < -0.3 is 52.1 Å². The van der Waals surface area contributed by atoms with Gasteiger partial charge in [-0.15, -0.1) is 0 Å². The summed E-state index contributed by atoms with van der Waals surface area (Å²) in [4.78, 5) is 23.6. The quantitative estimate of drug-likeness (QED) is 0.0621. The average molecular weight is 745 g/mol. The Kier molecular flexibility index (Phi) is 36.8. The number of rotatable bonds is 41. The molecule has 0 bridgehead atoms. The van der Waals surface area contributed by atoms with Gasteiger partial charge in [-0.05, 0) is 18.6 Å². The maximum absolute atomic E-state index is 11.8. The summed E-state index contributed by atoms with van der Waals surface area (Å²) in [5.41, 5.74) is 0.524. The van der Waals surface area contributed by atoms with E-state index in [1.807, 2.05) is 6.07 Å². The minimum absolute atomic E-state index is 0.141. The van der Waals surface area contributed by atoms with Crippen LogP contribution in [0.4, 0.5) is 0 Å². The summed E-state index contributed by atoms with van der Waals surface area (Å²) in [5.74, 6) is -0.499. The lowest BCUT2D eigenvalue weighted by molar-refractivity contribution is -0.145. The Balaban J connectivity index is 1.65. The highest BCUT2D eigenvalue weighted by Gasteiger charge is 2.05. The first kappa shape index (κ1) is 47.8. The summed E-state index contributed by atoms with van der Waals surface area (Å²) in [6, 6.07) is 8.85. The summed E-state index contributed by atoms with van der Waals surface area (Å²) in [6.45, 7) is 11.0. The van der Waals surface area contributed by atoms with Crippen molar-refractivity contribution >= 4 is 11.9 Å². The third-order valence-corrected chi connectivity index (χ3v) is 7.42. The van der Waals surface area contributed by atoms with Crippen LogP contribution in [-0.4, -0.2) is 144 Å². The zero-order valence-electron chi connectivity index (χ0n) is 31.9. The van der Waals surface area contributed by atoms with Crippen LogP contribution in [0.2, 0.25) is 0 Å². The second-order valence-electron chi connectivity index (χ2n) is 11.8. The van der Waals surface area contributed by atoms with Crippen molar-refractivity contribution in [1.29, 1.82) is 0 Å². The van der Waals surface area contributed by atoms with Crippen molar-refractivity contribution in [2.45, 2.75) is 71.1 Å². The van der Waals surface area contributed by atoms with Crippen LogP contribution in [0.5, 0.6) is 0 Å². The van der Waals surface area contributed by atoms with E-state index in [1.165, 1.54) is 44.9 Å². The minimum atomic E-state index is -0.358. The van der Waals surface area contributed by atoms with Gasteiger partial charge in [-0.1, -0.05) is 76.5 Å². The lowest BCUT2D eigenvalue weighted by atomic mass is 10.1. The van der Waals surface area contributed by atoms with Gasteiger partial charge in [0.2, 0.25) is 0 Å². The lowest BCUT2D eigenvalue weighted by Crippen LogP contribution is -2.16. The summed E-state index contributed by atoms with van der Waals surface area (Å²) < 4.78 is 59.5. The smallest absolute Gasteiger partial charge is 0.338 e. The highest BCUT2D eigenvalue weighted by atomic mass is 16.6. The molecule has 52 heavy (non-hydrogen) atoms. The molecular formula is C39H68O13. The number of hydrogen-bond donors (Lipinski definition) is 0. The number of hydrogen-bond acceptors (Lipinski definition) is 13. The van der Waals surface area contributed by atoms with Gasteiger partial charge in [0, 0.05) is 6.42 Å². The monoisotopic (exact) mass is 744 g/mol. The van der Waals surface area contributed by atoms with Crippen LogP contribution in [0.1, 0.15) is 81.5 Å². The van der Waals surface area contributed by atoms with Crippen LogP contribution in [0.3, 0.4) is 0 Å². The highest BCUT2D eigenvalue weighted by Crippen LogP contribution is 2.10. The van der Waals surface area contributed by atoms with Gasteiger partial charge in [-0.25, -0.2) is 4.79 Å². The second kappa shape index (κ2) is 40.0. The molecule has 0 aliphatic carbocycles. The molecule has 0 aliphatic heterocycles. The largest absolute Gasteiger partial charge is 0.463 e. The Hall–Kier alpha value is -2.20. The maximum atomic E-state index is 11.8. The molecule has 13 heteroatoms. The van der Waals surface area contributed by atoms with E-state index in [4.69, 9.17) is 52.1 Å². The van der Waals surface area contributed by atoms with Gasteiger partial charge in [0.25, 0.3) is 0 Å². The van der Waals surface area contributed by atoms with Crippen molar-refractivity contribution in [1.82, 2.24) is 0 Å². The first-order valence-electron chi connectivity index (χ1n) is 19.3. The van der Waals surface area contributed by atoms with Gasteiger partial charge in [0.15, 0.2) is 0 Å². The molecule has 0 atom stereocenters. The van der Waals surface area contributed by atoms with Crippen LogP contribution in [-0.2, 0) is 56.9 Å². The number of carbonyl (C=O) groups is 2. The molecule has 1 rings (SSSR count). The SMILES string of the molecule is CCCCCCCCCCCC(=O)OCCOCCOCCOCCOCCOCCOCCOCCOCCOCCOC(=O)c1ccccc1. The van der Waals surface area contributed by atoms with Crippen molar-refractivity contribution < 1.29 is 61.7 Å². The first-order chi connectivity index (χ1) is 25.7. The molecule has 1 aromatic rings. The van der Waals surface area contributed by atoms with E-state index in [2.05, 4.69) is 6.92 Å². The van der Waals surface area contributed by atoms with Gasteiger partial charge in [-0.3, -0.25) is 4.79 Å². The standard InChI is InChI=1S/C39H68O13/c1-2-3-4-5-6-7-8-9-13-16-38(40)51-35-33-49-31-29-47-27-25-45-23-21-43-19-17-42-18-20-44-22-24-46-26-28-48-30-32-50-34-36-52-39(41)37-14-11-10-12-15-37/h10-12,14-15H,2-9,13,16-36H2,1H3. The molecule has 1 aromatic carbocycles. The third-order valence-electron chi connectivity index (χ3n) is 7.42. The van der Waals surface area contributed by atoms with Crippen LogP contribution in [0, 0.1) is 0 Å². The van der Waals surface area contributed by atoms with Crippen molar-refractivity contribution in [2.75, 3.05) is 132 Å². The number of unbranched alkanes of at least 4 members (excludes halogenated alkanes) is 8. The fourth-order valence-electron chi connectivity index (χ4n) is 4.58. The zero-order valence-corrected chi connectivity index (χ0v) is 31.9. The summed E-state index contributed by atoms with van der Waals surface area (Å²) in [5, 5.41) is 0. The first-order valence-corrected chi connectivity index (χ1v) is 19.3. The average Bonchev–Trinajstić information content (AvgIpc) is 3.16. The summed E-state index contributed by atoms with van der Waals surface area (Å²) >= 11 is 0. The van der Waals surface area contributed by atoms with Crippen molar-refractivity contribution in [2.24, 2.45) is 0 Å². The van der Waals surface area contributed by atoms with E-state index >= 15 is 0 Å². The Morgan fingerprint density at radius 3 is 1.06 bits per heavy atom. The highest BCUT2D eigenvalue weighted by molar-refractivity contribution is 5.89. The van der Waals surface area contributed by atoms with Crippen LogP contribution < -0.4 is 0 Å². The topological polar surface area (TPSA) is 136 Å². The molecule has 13 nitrogen and oxygen atoms in total. The number of esters is 2. The predicted molar refractivity (Wildman–Crippen MR) is 197 cm³/mol.